The first kappa shape index (κ1) is 22.3. The molecule has 7 nitrogen and oxygen atoms in total. The van der Waals surface area contributed by atoms with Gasteiger partial charge in [-0.2, -0.15) is 4.31 Å². The SMILES string of the molecule is CCN1CCN(S(=O)(=O)c2ccc(NC(=O)C(C)Oc3ccc(C)cc3)cc2)CC1. The minimum Gasteiger partial charge on any atom is -0.481 e. The van der Waals surface area contributed by atoms with Crippen LogP contribution in [0, 0.1) is 6.92 Å². The average Bonchev–Trinajstić information content (AvgIpc) is 2.75. The maximum absolute atomic E-state index is 12.9. The molecule has 0 aromatic heterocycles. The van der Waals surface area contributed by atoms with Crippen molar-refractivity contribution < 1.29 is 17.9 Å². The molecular formula is C22H29N3O4S. The number of sulfonamides is 1. The van der Waals surface area contributed by atoms with Crippen LogP contribution in [0.15, 0.2) is 53.4 Å². The van der Waals surface area contributed by atoms with Gasteiger partial charge in [0.1, 0.15) is 5.75 Å². The van der Waals surface area contributed by atoms with E-state index in [1.807, 2.05) is 31.2 Å². The van der Waals surface area contributed by atoms with Gasteiger partial charge < -0.3 is 15.0 Å². The summed E-state index contributed by atoms with van der Waals surface area (Å²) in [6, 6.07) is 13.7. The molecule has 3 rings (SSSR count). The van der Waals surface area contributed by atoms with Crippen molar-refractivity contribution in [3.05, 3.63) is 54.1 Å². The number of aryl methyl sites for hydroxylation is 1. The van der Waals surface area contributed by atoms with E-state index in [4.69, 9.17) is 4.74 Å². The topological polar surface area (TPSA) is 79.0 Å². The van der Waals surface area contributed by atoms with E-state index in [-0.39, 0.29) is 10.8 Å². The maximum Gasteiger partial charge on any atom is 0.265 e. The lowest BCUT2D eigenvalue weighted by molar-refractivity contribution is -0.122. The van der Waals surface area contributed by atoms with Crippen molar-refractivity contribution in [2.75, 3.05) is 38.0 Å². The Morgan fingerprint density at radius 1 is 1.03 bits per heavy atom. The predicted octanol–water partition coefficient (Wildman–Crippen LogP) is 2.73. The third-order valence-corrected chi connectivity index (χ3v) is 7.15. The highest BCUT2D eigenvalue weighted by molar-refractivity contribution is 7.89. The van der Waals surface area contributed by atoms with Crippen LogP contribution < -0.4 is 10.1 Å². The summed E-state index contributed by atoms with van der Waals surface area (Å²) < 4.78 is 32.9. The van der Waals surface area contributed by atoms with Crippen molar-refractivity contribution in [3.63, 3.8) is 0 Å². The standard InChI is InChI=1S/C22H29N3O4S/c1-4-24-13-15-25(16-14-24)30(27,28)21-11-7-19(8-12-21)23-22(26)18(3)29-20-9-5-17(2)6-10-20/h5-12,18H,4,13-16H2,1-3H3,(H,23,26). The molecule has 1 heterocycles. The minimum atomic E-state index is -3.53. The minimum absolute atomic E-state index is 0.231. The largest absolute Gasteiger partial charge is 0.481 e. The highest BCUT2D eigenvalue weighted by Gasteiger charge is 2.28. The second-order valence-corrected chi connectivity index (χ2v) is 9.36. The van der Waals surface area contributed by atoms with Crippen molar-refractivity contribution in [2.24, 2.45) is 0 Å². The van der Waals surface area contributed by atoms with Crippen LogP contribution in [0.25, 0.3) is 0 Å². The molecule has 1 unspecified atom stereocenters. The van der Waals surface area contributed by atoms with Crippen molar-refractivity contribution in [1.82, 2.24) is 9.21 Å². The highest BCUT2D eigenvalue weighted by atomic mass is 32.2. The molecule has 1 saturated heterocycles. The van der Waals surface area contributed by atoms with Crippen LogP contribution >= 0.6 is 0 Å². The molecule has 0 radical (unpaired) electrons. The molecule has 162 valence electrons. The number of ether oxygens (including phenoxy) is 1. The normalized spacial score (nSPS) is 16.8. The van der Waals surface area contributed by atoms with Gasteiger partial charge in [0.2, 0.25) is 10.0 Å². The molecule has 1 atom stereocenters. The molecule has 0 aliphatic carbocycles. The second-order valence-electron chi connectivity index (χ2n) is 7.43. The van der Waals surface area contributed by atoms with Crippen molar-refractivity contribution in [1.29, 1.82) is 0 Å². The Hall–Kier alpha value is -2.42. The predicted molar refractivity (Wildman–Crippen MR) is 117 cm³/mol. The van der Waals surface area contributed by atoms with Gasteiger partial charge in [-0.1, -0.05) is 24.6 Å². The number of amides is 1. The number of nitrogens with one attached hydrogen (secondary N) is 1. The first-order chi connectivity index (χ1) is 14.3. The van der Waals surface area contributed by atoms with Gasteiger partial charge in [-0.05, 0) is 56.8 Å². The number of anilines is 1. The molecular weight excluding hydrogens is 402 g/mol. The molecule has 1 fully saturated rings. The molecule has 1 amide bonds. The number of likely N-dealkylation sites (N-methyl/N-ethyl adjacent to an activating group) is 1. The molecule has 2 aromatic carbocycles. The lowest BCUT2D eigenvalue weighted by atomic mass is 10.2. The molecule has 0 spiro atoms. The first-order valence-electron chi connectivity index (χ1n) is 10.2. The summed E-state index contributed by atoms with van der Waals surface area (Å²) >= 11 is 0. The Kier molecular flexibility index (Phi) is 7.12. The van der Waals surface area contributed by atoms with Crippen molar-refractivity contribution in [2.45, 2.75) is 31.8 Å². The Morgan fingerprint density at radius 2 is 1.63 bits per heavy atom. The van der Waals surface area contributed by atoms with Crippen LogP contribution in [0.5, 0.6) is 5.75 Å². The Bertz CT molecular complexity index is 951. The lowest BCUT2D eigenvalue weighted by Gasteiger charge is -2.33. The summed E-state index contributed by atoms with van der Waals surface area (Å²) in [7, 11) is -3.53. The Balaban J connectivity index is 1.59. The maximum atomic E-state index is 12.9. The molecule has 8 heteroatoms. The monoisotopic (exact) mass is 431 g/mol. The zero-order valence-corrected chi connectivity index (χ0v) is 18.5. The number of hydrogen-bond acceptors (Lipinski definition) is 5. The van der Waals surface area contributed by atoms with Crippen LogP contribution in [0.4, 0.5) is 5.69 Å². The number of nitrogens with zero attached hydrogens (tertiary/aromatic N) is 2. The Morgan fingerprint density at radius 3 is 2.20 bits per heavy atom. The number of carbonyl (C=O) groups is 1. The van der Waals surface area contributed by atoms with Gasteiger partial charge in [-0.3, -0.25) is 4.79 Å². The molecule has 1 N–H and O–H groups in total. The highest BCUT2D eigenvalue weighted by Crippen LogP contribution is 2.20. The van der Waals surface area contributed by atoms with Gasteiger partial charge in [-0.15, -0.1) is 0 Å². The summed E-state index contributed by atoms with van der Waals surface area (Å²) in [6.07, 6.45) is -0.689. The smallest absolute Gasteiger partial charge is 0.265 e. The molecule has 1 aliphatic rings. The second kappa shape index (κ2) is 9.59. The fraction of sp³-hybridized carbons (Fsp3) is 0.409. The van der Waals surface area contributed by atoms with E-state index in [2.05, 4.69) is 17.1 Å². The summed E-state index contributed by atoms with van der Waals surface area (Å²) in [6.45, 7) is 9.10. The fourth-order valence-electron chi connectivity index (χ4n) is 3.26. The fourth-order valence-corrected chi connectivity index (χ4v) is 4.69. The number of carbonyl (C=O) groups excluding carboxylic acids is 1. The number of hydrogen-bond donors (Lipinski definition) is 1. The molecule has 0 saturated carbocycles. The first-order valence-corrected chi connectivity index (χ1v) is 11.6. The van der Waals surface area contributed by atoms with Gasteiger partial charge in [0.15, 0.2) is 6.10 Å². The van der Waals surface area contributed by atoms with Crippen LogP contribution in [0.3, 0.4) is 0 Å². The van der Waals surface area contributed by atoms with Gasteiger partial charge in [-0.25, -0.2) is 8.42 Å². The quantitative estimate of drug-likeness (QED) is 0.729. The third kappa shape index (κ3) is 5.38. The molecule has 30 heavy (non-hydrogen) atoms. The zero-order chi connectivity index (χ0) is 21.7. The number of benzene rings is 2. The van der Waals surface area contributed by atoms with Crippen molar-refractivity contribution >= 4 is 21.6 Å². The van der Waals surface area contributed by atoms with Crippen molar-refractivity contribution in [3.8, 4) is 5.75 Å². The molecule has 1 aliphatic heterocycles. The van der Waals surface area contributed by atoms with Gasteiger partial charge in [0.25, 0.3) is 5.91 Å². The van der Waals surface area contributed by atoms with Gasteiger partial charge in [0.05, 0.1) is 4.90 Å². The third-order valence-electron chi connectivity index (χ3n) is 5.24. The number of rotatable bonds is 7. The van der Waals surface area contributed by atoms with Crippen LogP contribution in [-0.2, 0) is 14.8 Å². The molecule has 2 aromatic rings. The zero-order valence-electron chi connectivity index (χ0n) is 17.7. The van der Waals surface area contributed by atoms with E-state index in [0.717, 1.165) is 25.2 Å². The summed E-state index contributed by atoms with van der Waals surface area (Å²) in [5.74, 6) is 0.315. The van der Waals surface area contributed by atoms with Gasteiger partial charge >= 0.3 is 0 Å². The van der Waals surface area contributed by atoms with Crippen LogP contribution in [0.2, 0.25) is 0 Å². The summed E-state index contributed by atoms with van der Waals surface area (Å²) in [5.41, 5.74) is 1.64. The summed E-state index contributed by atoms with van der Waals surface area (Å²) in [5, 5.41) is 2.77. The van der Waals surface area contributed by atoms with E-state index >= 15 is 0 Å². The van der Waals surface area contributed by atoms with Crippen LogP contribution in [-0.4, -0.2) is 62.4 Å². The van der Waals surface area contributed by atoms with E-state index in [0.29, 0.717) is 24.5 Å². The molecule has 0 bridgehead atoms. The van der Waals surface area contributed by atoms with Gasteiger partial charge in [0, 0.05) is 31.9 Å². The van der Waals surface area contributed by atoms with E-state index in [1.165, 1.54) is 16.4 Å². The number of piperazine rings is 1. The van der Waals surface area contributed by atoms with Crippen LogP contribution in [0.1, 0.15) is 19.4 Å². The summed E-state index contributed by atoms with van der Waals surface area (Å²) in [4.78, 5) is 14.9. The van der Waals surface area contributed by atoms with E-state index in [9.17, 15) is 13.2 Å². The van der Waals surface area contributed by atoms with E-state index in [1.54, 1.807) is 19.1 Å². The Labute approximate surface area is 178 Å². The lowest BCUT2D eigenvalue weighted by Crippen LogP contribution is -2.48. The van der Waals surface area contributed by atoms with E-state index < -0.39 is 16.1 Å². The average molecular weight is 432 g/mol.